The van der Waals surface area contributed by atoms with Crippen LogP contribution in [-0.2, 0) is 65.2 Å². The Morgan fingerprint density at radius 2 is 0.894 bits per heavy atom. The smallest absolute Gasteiger partial charge is 0.350 e. The summed E-state index contributed by atoms with van der Waals surface area (Å²) in [6, 6.07) is 19.9. The van der Waals surface area contributed by atoms with E-state index in [9.17, 15) is 69.5 Å². The molecule has 37 heteroatoms. The summed E-state index contributed by atoms with van der Waals surface area (Å²) in [6.45, 7) is 31.0. The molecule has 8 fully saturated rings. The average Bonchev–Trinajstić information content (AvgIpc) is 1.65. The van der Waals surface area contributed by atoms with Gasteiger partial charge in [-0.2, -0.15) is 15.8 Å². The van der Waals surface area contributed by atoms with E-state index in [0.29, 0.717) is 39.2 Å². The highest BCUT2D eigenvalue weighted by Gasteiger charge is 2.36. The number of aromatic hydroxyl groups is 6. The second-order valence-electron chi connectivity index (χ2n) is 36.5. The number of ketones is 3. The van der Waals surface area contributed by atoms with Gasteiger partial charge in [0.05, 0.1) is 75.9 Å². The highest BCUT2D eigenvalue weighted by Crippen LogP contribution is 2.59. The summed E-state index contributed by atoms with van der Waals surface area (Å²) in [5.74, 6) is 3.69. The number of esters is 3. The number of carboxylic acid groups (broad SMARTS) is 2. The van der Waals surface area contributed by atoms with Gasteiger partial charge < -0.3 is 153 Å². The quantitative estimate of drug-likeness (QED) is 0.00441. The van der Waals surface area contributed by atoms with Crippen LogP contribution in [0.15, 0.2) is 123 Å². The van der Waals surface area contributed by atoms with Crippen molar-refractivity contribution in [3.05, 3.63) is 121 Å². The number of phenolic OH excluding ortho intramolecular Hbond substituents is 6. The van der Waals surface area contributed by atoms with Crippen molar-refractivity contribution in [3.63, 3.8) is 0 Å². The zero-order valence-electron chi connectivity index (χ0n) is 115. The number of allylic oxidation sites excluding steroid dienone is 4. The summed E-state index contributed by atoms with van der Waals surface area (Å²) in [5.41, 5.74) is 2.30. The number of carboxylic acids is 2. The van der Waals surface area contributed by atoms with Crippen LogP contribution in [0.5, 0.6) is 34.5 Å². The number of thioether (sulfide) groups is 5. The minimum atomic E-state index is -1.08. The topological polar surface area (TPSA) is 426 Å². The molecule has 5 aromatic rings. The molecule has 142 heavy (non-hydrogen) atoms. The standard InChI is InChI=1S/C16H28O.C15H15NO2S2.C15H26O2.C13H11NO4S2.C11H11NO2S2.C11H13NO2S2.C6H9NO2.C6H4O2.C5H9NS2.C4H9N.C2H4O2.CH3.BH4.32H/c1-3-13-4-6-15(7-5-13)16-10-8-14(9-11-16)12(2)17;1-8(2)18-14(17)11(7-16)15-19-12-9(3)5-6-10(4)13(12)20-15;1-2-11-3-5-12(6-4-11)13-7-9-14(10-8-13)15(16)17;1-6(2)18-12(17)7(5-14)13-19-10-8(15)3-4-9(16)11(10)20-13;13-7-3-4-8(14)10-9(7)15-11(16-10)12-5-1-2-6-12;13-8-3-4-9(14)10(7-8)16-11(15)12-5-1-2-6-12;1-5(2)9-6(8)3-4-7;7-5-1-2-6(8)4-3-5;7-5(8)6-3-1-2-4-6;1-2-4-5-3-1;1-2(3)4;;;;;;;;;;;;;;;;;;;;;;;;;;;;;;;;;;/h13-16H,3-11H2,1-2H3;5-6,8H,1-4H3;11-14H,2-10H2,1H3,(H,16,17);3-4,6,15-16H,1-2H3;3-4H,1-2,5-6H2,(H-,13,14);3-4,7,13-14H,1-2,5-6H2;5H,3H2,1-2H3;1-4H;1-4H2,(H,7,8);5H,1-4H2;1H3,(H,3,4);1H3;1H4;;;;;;;;;;;;;;;;;;;;;;;;;;;;;;;;/q;;;;;;;;;;;34*-1/i;;;;;;;;;;;;;32*1+1. The third-order valence-electron chi connectivity index (χ3n) is 25.0. The van der Waals surface area contributed by atoms with Crippen LogP contribution in [0.3, 0.4) is 0 Å². The molecule has 844 valence electrons. The molecule has 9 N–H and O–H groups in total. The zero-order chi connectivity index (χ0) is 103. The number of likely N-dealkylation sites (tertiary alicyclic amines) is 2. The number of carbonyl (C=O) groups excluding carboxylic acids is 7. The molecule has 4 aromatic carbocycles. The van der Waals surface area contributed by atoms with E-state index >= 15 is 0 Å². The second kappa shape index (κ2) is 66.5. The molecule has 0 atom stereocenters. The van der Waals surface area contributed by atoms with E-state index in [1.165, 1.54) is 261 Å². The van der Waals surface area contributed by atoms with E-state index in [0.717, 1.165) is 153 Å². The van der Waals surface area contributed by atoms with Crippen LogP contribution in [0.2, 0.25) is 0 Å². The van der Waals surface area contributed by atoms with Crippen LogP contribution in [0.4, 0.5) is 0 Å². The SMILES string of the molecule is C1CC[NH2+]C1.CC(=O)[O-].CC(C)OC(=O)C(C#N)=C1Sc2c(O)ccc(O)c2S1.CC(C)OC(=O)CC#N.CCC1CCC(C2CCC(C(=O)O)CC2)CC1.CCC1CCC(C2CCC(C(C)=O)CC2)CC1.Cc1ccc(C)c2c1SC(=C(C#N)C(=O)OC(C)C)S2.O=C1C=CC(=O)C=C1.Oc1ccc(O)c(SC(=S)N2CCCC2)c1.Oc1ccc(O)c2sc(=[N+]3CCCC3)sc12.S=C([S-])N1CCCC1.[2H-].[2H-].[2H-].[2H-].[2H-].[2H-].[2H-].[2H-].[2H-].[2H-].[2H-].[2H-].[2H-].[2H-].[2H-].[2H-].[2H-].[2H-].[2H-].[2H-].[2H-].[2H-].[2H-].[2H-].[2H-].[2H-].[2H-].[2H-].[2H-].[2H-].[2H-].[2H-].[BH4-].[CH3-]. The largest absolute Gasteiger partial charge is 1.00 e. The fraction of sp³-hybridized carbons (Fsp3) is 0.552. The summed E-state index contributed by atoms with van der Waals surface area (Å²) in [6.07, 6.45) is 37.8. The third kappa shape index (κ3) is 43.6. The number of fused-ring (bicyclic) bond motifs is 3. The van der Waals surface area contributed by atoms with Crippen molar-refractivity contribution in [2.75, 3.05) is 52.4 Å². The molecule has 1 aromatic heterocycles. The Kier molecular flexibility index (Phi) is 58.8. The van der Waals surface area contributed by atoms with Crippen LogP contribution < -0.4 is 19.0 Å². The number of hydrogen-bond donors (Lipinski definition) is 8. The molecule has 4 saturated heterocycles. The molecule has 5 aliphatic carbocycles. The van der Waals surface area contributed by atoms with E-state index in [1.54, 1.807) is 89.3 Å². The van der Waals surface area contributed by atoms with Crippen molar-refractivity contribution in [1.82, 2.24) is 14.4 Å². The monoisotopic (exact) mass is 2200 g/mol. The molecule has 0 spiro atoms. The van der Waals surface area contributed by atoms with Gasteiger partial charge in [0.2, 0.25) is 0 Å². The number of ether oxygens (including phenoxy) is 3. The first kappa shape index (κ1) is 126. The van der Waals surface area contributed by atoms with Crippen molar-refractivity contribution >= 4 is 192 Å². The van der Waals surface area contributed by atoms with Gasteiger partial charge in [0.25, 0.3) is 0 Å². The van der Waals surface area contributed by atoms with Gasteiger partial charge in [-0.25, -0.2) is 14.2 Å². The minimum absolute atomic E-state index is 0. The predicted octanol–water partition coefficient (Wildman–Crippen LogP) is 23.1. The van der Waals surface area contributed by atoms with Crippen molar-refractivity contribution in [1.29, 1.82) is 15.8 Å². The summed E-state index contributed by atoms with van der Waals surface area (Å²) in [5, 5.41) is 105. The van der Waals surface area contributed by atoms with Crippen LogP contribution in [-0.4, -0.2) is 180 Å². The lowest BCUT2D eigenvalue weighted by molar-refractivity contribution is -0.635. The van der Waals surface area contributed by atoms with Gasteiger partial charge in [-0.1, -0.05) is 171 Å². The predicted molar refractivity (Wildman–Crippen MR) is 619 cm³/mol. The molecular weight excluding hydrogens is 1990 g/mol. The van der Waals surface area contributed by atoms with Gasteiger partial charge in [0, 0.05) is 73.5 Å². The Hall–Kier alpha value is -8.65. The lowest BCUT2D eigenvalue weighted by atomic mass is 9.68. The number of aryl methyl sites for hydroxylation is 2. The second-order valence-corrected chi connectivity index (χ2v) is 46.1. The third-order valence-corrected chi connectivity index (χ3v) is 35.2. The molecule has 0 radical (unpaired) electrons. The van der Waals surface area contributed by atoms with E-state index in [-0.39, 0.29) is 149 Å². The number of nitrogens with zero attached hydrogens (tertiary/aromatic N) is 6. The molecule has 0 bridgehead atoms. The number of Topliss-reactive ketones (excluding diaryl/α,β-unsaturated/α-hetero) is 1. The lowest BCUT2D eigenvalue weighted by Gasteiger charge is -2.37. The number of phenols is 6. The van der Waals surface area contributed by atoms with E-state index in [4.69, 9.17) is 72.1 Å². The maximum Gasteiger partial charge on any atom is 0.350 e. The summed E-state index contributed by atoms with van der Waals surface area (Å²) < 4.78 is 22.4. The van der Waals surface area contributed by atoms with Crippen molar-refractivity contribution in [3.8, 4) is 52.7 Å². The molecule has 11 aliphatic rings. The average molecular weight is 2210 g/mol. The fourth-order valence-corrected chi connectivity index (χ4v) is 26.8. The fourth-order valence-electron chi connectivity index (χ4n) is 17.3. The summed E-state index contributed by atoms with van der Waals surface area (Å²) in [7, 11) is 0. The maximum atomic E-state index is 12.0. The number of carbonyl (C=O) groups is 8. The number of rotatable bonds is 13. The zero-order valence-corrected chi connectivity index (χ0v) is 91.6. The molecule has 7 heterocycles. The van der Waals surface area contributed by atoms with E-state index in [1.807, 2.05) is 26.0 Å². The number of nitriles is 3. The minimum Gasteiger partial charge on any atom is -1.00 e. The number of thiocarbonyl (C=S) groups is 2. The Bertz CT molecular complexity index is 5120. The first-order chi connectivity index (χ1) is 66.7. The first-order valence-electron chi connectivity index (χ1n) is 48.5. The van der Waals surface area contributed by atoms with Crippen molar-refractivity contribution in [2.45, 2.75) is 299 Å². The van der Waals surface area contributed by atoms with Crippen LogP contribution in [0.25, 0.3) is 9.40 Å². The Morgan fingerprint density at radius 3 is 1.23 bits per heavy atom. The lowest BCUT2D eigenvalue weighted by Crippen LogP contribution is -2.80. The summed E-state index contributed by atoms with van der Waals surface area (Å²) >= 11 is 24.5. The number of nitrogens with two attached hydrogens (primary N) is 1. The Balaban J connectivity index is -0.0000000492. The normalized spacial score (nSPS) is 20.2. The molecule has 6 aliphatic heterocycles. The van der Waals surface area contributed by atoms with Crippen LogP contribution >= 0.6 is 106 Å². The molecular formula is C105H178BN7O19S10-34. The molecule has 0 unspecified atom stereocenters. The van der Waals surface area contributed by atoms with Gasteiger partial charge in [0.1, 0.15) is 76.2 Å². The van der Waals surface area contributed by atoms with E-state index < -0.39 is 29.8 Å². The van der Waals surface area contributed by atoms with Gasteiger partial charge in [-0.3, -0.25) is 24.0 Å². The van der Waals surface area contributed by atoms with Crippen LogP contribution in [0.1, 0.15) is 299 Å². The van der Waals surface area contributed by atoms with E-state index in [2.05, 4.69) is 50.4 Å². The Labute approximate surface area is 934 Å². The molecule has 16 rings (SSSR count). The number of benzene rings is 4. The number of hydrogen-bond acceptors (Lipinski definition) is 31. The molecule has 4 saturated carbocycles. The highest BCUT2D eigenvalue weighted by atomic mass is 32.2. The van der Waals surface area contributed by atoms with Gasteiger partial charge in [0.15, 0.2) is 22.7 Å². The van der Waals surface area contributed by atoms with Crippen LogP contribution in [0, 0.1) is 103 Å². The highest BCUT2D eigenvalue weighted by molar-refractivity contribution is 8.25. The molecule has 0 amide bonds. The molecule has 26 nitrogen and oxygen atoms in total. The summed E-state index contributed by atoms with van der Waals surface area (Å²) in [4.78, 5) is 93.9. The first-order valence-corrected chi connectivity index (χ1v) is 55.4. The maximum absolute atomic E-state index is 12.0. The number of aliphatic carboxylic acids is 2. The van der Waals surface area contributed by atoms with Crippen molar-refractivity contribution in [2.24, 2.45) is 47.3 Å². The number of quaternary nitrogens is 1. The Morgan fingerprint density at radius 1 is 0.535 bits per heavy atom. The van der Waals surface area contributed by atoms with Gasteiger partial charge in [-0.15, -0.1) is 0 Å². The van der Waals surface area contributed by atoms with Crippen molar-refractivity contribution < 1.29 is 144 Å². The van der Waals surface area contributed by atoms with Gasteiger partial charge in [-0.05, 0) is 285 Å². The van der Waals surface area contributed by atoms with Gasteiger partial charge >= 0.3 is 27.9 Å².